The van der Waals surface area contributed by atoms with E-state index in [0.29, 0.717) is 5.88 Å². The Labute approximate surface area is 112 Å². The minimum atomic E-state index is 0.195. The molecule has 0 radical (unpaired) electrons. The number of hydrogen-bond donors (Lipinski definition) is 1. The second-order valence-electron chi connectivity index (χ2n) is 4.30. The van der Waals surface area contributed by atoms with E-state index in [1.54, 1.807) is 20.3 Å². The third-order valence-corrected chi connectivity index (χ3v) is 2.89. The first kappa shape index (κ1) is 13.1. The minimum absolute atomic E-state index is 0.195. The molecule has 100 valence electrons. The Balaban J connectivity index is 2.56. The lowest BCUT2D eigenvalue weighted by atomic mass is 10.0. The van der Waals surface area contributed by atoms with Crippen molar-refractivity contribution in [3.63, 3.8) is 0 Å². The second-order valence-corrected chi connectivity index (χ2v) is 4.30. The van der Waals surface area contributed by atoms with Gasteiger partial charge in [-0.15, -0.1) is 0 Å². The number of rotatable bonds is 3. The minimum Gasteiger partial charge on any atom is -0.496 e. The van der Waals surface area contributed by atoms with Crippen LogP contribution in [0.5, 0.6) is 11.6 Å². The van der Waals surface area contributed by atoms with Gasteiger partial charge < -0.3 is 15.2 Å². The second kappa shape index (κ2) is 5.14. The number of ether oxygens (including phenoxy) is 2. The van der Waals surface area contributed by atoms with Crippen LogP contribution in [-0.4, -0.2) is 24.2 Å². The van der Waals surface area contributed by atoms with Crippen LogP contribution >= 0.6 is 0 Å². The first-order valence-electron chi connectivity index (χ1n) is 5.89. The Morgan fingerprint density at radius 1 is 0.947 bits per heavy atom. The molecular formula is C14H17N3O2. The maximum Gasteiger partial charge on any atom is 0.223 e. The number of nitrogen functional groups attached to an aromatic ring is 1. The van der Waals surface area contributed by atoms with E-state index in [2.05, 4.69) is 9.97 Å². The van der Waals surface area contributed by atoms with Gasteiger partial charge >= 0.3 is 0 Å². The SMILES string of the molecule is COc1cc(-c2cc(C)c(OC)c(C)c2)nc(N)n1. The molecule has 2 aromatic rings. The summed E-state index contributed by atoms with van der Waals surface area (Å²) in [7, 11) is 3.22. The van der Waals surface area contributed by atoms with Crippen molar-refractivity contribution in [1.29, 1.82) is 0 Å². The molecule has 0 amide bonds. The van der Waals surface area contributed by atoms with E-state index >= 15 is 0 Å². The van der Waals surface area contributed by atoms with Gasteiger partial charge in [0.05, 0.1) is 19.9 Å². The third-order valence-electron chi connectivity index (χ3n) is 2.89. The summed E-state index contributed by atoms with van der Waals surface area (Å²) in [5.74, 6) is 1.53. The molecular weight excluding hydrogens is 242 g/mol. The lowest BCUT2D eigenvalue weighted by molar-refractivity contribution is 0.398. The van der Waals surface area contributed by atoms with Gasteiger partial charge in [0.25, 0.3) is 0 Å². The third kappa shape index (κ3) is 2.59. The topological polar surface area (TPSA) is 70.3 Å². The molecule has 0 aliphatic carbocycles. The van der Waals surface area contributed by atoms with E-state index in [1.165, 1.54) is 0 Å². The quantitative estimate of drug-likeness (QED) is 0.916. The summed E-state index contributed by atoms with van der Waals surface area (Å²) in [5.41, 5.74) is 9.47. The van der Waals surface area contributed by atoms with E-state index in [1.807, 2.05) is 26.0 Å². The van der Waals surface area contributed by atoms with Crippen molar-refractivity contribution in [1.82, 2.24) is 9.97 Å². The van der Waals surface area contributed by atoms with Gasteiger partial charge in [0, 0.05) is 11.6 Å². The summed E-state index contributed by atoms with van der Waals surface area (Å²) in [5, 5.41) is 0. The highest BCUT2D eigenvalue weighted by Crippen LogP contribution is 2.30. The predicted molar refractivity (Wildman–Crippen MR) is 74.5 cm³/mol. The van der Waals surface area contributed by atoms with Gasteiger partial charge in [0.1, 0.15) is 5.75 Å². The van der Waals surface area contributed by atoms with Crippen LogP contribution < -0.4 is 15.2 Å². The van der Waals surface area contributed by atoms with E-state index in [-0.39, 0.29) is 5.95 Å². The van der Waals surface area contributed by atoms with Gasteiger partial charge in [-0.3, -0.25) is 0 Å². The zero-order chi connectivity index (χ0) is 14.0. The number of aromatic nitrogens is 2. The highest BCUT2D eigenvalue weighted by Gasteiger charge is 2.10. The number of aryl methyl sites for hydroxylation is 2. The maximum atomic E-state index is 5.68. The van der Waals surface area contributed by atoms with Crippen LogP contribution in [0.15, 0.2) is 18.2 Å². The van der Waals surface area contributed by atoms with Crippen molar-refractivity contribution < 1.29 is 9.47 Å². The van der Waals surface area contributed by atoms with Crippen molar-refractivity contribution in [2.75, 3.05) is 20.0 Å². The fourth-order valence-corrected chi connectivity index (χ4v) is 2.12. The van der Waals surface area contributed by atoms with Crippen molar-refractivity contribution >= 4 is 5.95 Å². The van der Waals surface area contributed by atoms with Crippen LogP contribution in [0.25, 0.3) is 11.3 Å². The lowest BCUT2D eigenvalue weighted by Gasteiger charge is -2.11. The van der Waals surface area contributed by atoms with Gasteiger partial charge in [-0.25, -0.2) is 4.98 Å². The highest BCUT2D eigenvalue weighted by atomic mass is 16.5. The van der Waals surface area contributed by atoms with Crippen molar-refractivity contribution in [3.05, 3.63) is 29.3 Å². The van der Waals surface area contributed by atoms with E-state index < -0.39 is 0 Å². The molecule has 0 atom stereocenters. The molecule has 2 rings (SSSR count). The van der Waals surface area contributed by atoms with E-state index in [4.69, 9.17) is 15.2 Å². The number of hydrogen-bond acceptors (Lipinski definition) is 5. The fraction of sp³-hybridized carbons (Fsp3) is 0.286. The Hall–Kier alpha value is -2.30. The first-order valence-corrected chi connectivity index (χ1v) is 5.89. The average molecular weight is 259 g/mol. The number of anilines is 1. The van der Waals surface area contributed by atoms with Crippen LogP contribution in [0, 0.1) is 13.8 Å². The summed E-state index contributed by atoms with van der Waals surface area (Å²) in [4.78, 5) is 8.21. The molecule has 0 spiro atoms. The monoisotopic (exact) mass is 259 g/mol. The fourth-order valence-electron chi connectivity index (χ4n) is 2.12. The molecule has 0 aliphatic rings. The van der Waals surface area contributed by atoms with Gasteiger partial charge in [-0.2, -0.15) is 4.98 Å². The molecule has 0 aliphatic heterocycles. The Morgan fingerprint density at radius 2 is 1.58 bits per heavy atom. The molecule has 0 saturated carbocycles. The molecule has 0 unspecified atom stereocenters. The number of methoxy groups -OCH3 is 2. The Kier molecular flexibility index (Phi) is 3.55. The molecule has 2 N–H and O–H groups in total. The van der Waals surface area contributed by atoms with Crippen molar-refractivity contribution in [2.45, 2.75) is 13.8 Å². The summed E-state index contributed by atoms with van der Waals surface area (Å²) < 4.78 is 10.5. The molecule has 5 heteroatoms. The van der Waals surface area contributed by atoms with Gasteiger partial charge in [-0.1, -0.05) is 0 Å². The van der Waals surface area contributed by atoms with Crippen LogP contribution in [0.1, 0.15) is 11.1 Å². The van der Waals surface area contributed by atoms with Crippen LogP contribution in [0.2, 0.25) is 0 Å². The van der Waals surface area contributed by atoms with Gasteiger partial charge in [0.2, 0.25) is 11.8 Å². The summed E-state index contributed by atoms with van der Waals surface area (Å²) in [6.45, 7) is 3.99. The molecule has 0 saturated heterocycles. The van der Waals surface area contributed by atoms with Crippen molar-refractivity contribution in [3.8, 4) is 22.9 Å². The van der Waals surface area contributed by atoms with Crippen LogP contribution in [0.3, 0.4) is 0 Å². The normalized spacial score (nSPS) is 10.3. The largest absolute Gasteiger partial charge is 0.496 e. The molecule has 1 aromatic heterocycles. The Bertz CT molecular complexity index is 589. The molecule has 0 fully saturated rings. The van der Waals surface area contributed by atoms with E-state index in [0.717, 1.165) is 28.1 Å². The molecule has 1 heterocycles. The number of benzene rings is 1. The molecule has 5 nitrogen and oxygen atoms in total. The van der Waals surface area contributed by atoms with Gasteiger partial charge in [-0.05, 0) is 37.1 Å². The Morgan fingerprint density at radius 3 is 2.11 bits per heavy atom. The van der Waals surface area contributed by atoms with Crippen molar-refractivity contribution in [2.24, 2.45) is 0 Å². The zero-order valence-corrected chi connectivity index (χ0v) is 11.5. The smallest absolute Gasteiger partial charge is 0.223 e. The maximum absolute atomic E-state index is 5.68. The summed E-state index contributed by atoms with van der Waals surface area (Å²) in [6, 6.07) is 5.77. The van der Waals surface area contributed by atoms with E-state index in [9.17, 15) is 0 Å². The lowest BCUT2D eigenvalue weighted by Crippen LogP contribution is -2.00. The number of nitrogens with zero attached hydrogens (tertiary/aromatic N) is 2. The molecule has 1 aromatic carbocycles. The summed E-state index contributed by atoms with van der Waals surface area (Å²) >= 11 is 0. The molecule has 0 bridgehead atoms. The summed E-state index contributed by atoms with van der Waals surface area (Å²) in [6.07, 6.45) is 0. The average Bonchev–Trinajstić information content (AvgIpc) is 2.37. The standard InChI is InChI=1S/C14H17N3O2/c1-8-5-10(6-9(2)13(8)19-4)11-7-12(18-3)17-14(15)16-11/h5-7H,1-4H3,(H2,15,16,17). The van der Waals surface area contributed by atoms with Crippen LogP contribution in [-0.2, 0) is 0 Å². The van der Waals surface area contributed by atoms with Gasteiger partial charge in [0.15, 0.2) is 0 Å². The predicted octanol–water partition coefficient (Wildman–Crippen LogP) is 2.36. The zero-order valence-electron chi connectivity index (χ0n) is 11.5. The number of nitrogens with two attached hydrogens (primary N) is 1. The van der Waals surface area contributed by atoms with Crippen LogP contribution in [0.4, 0.5) is 5.95 Å². The molecule has 19 heavy (non-hydrogen) atoms. The first-order chi connectivity index (χ1) is 9.05. The highest BCUT2D eigenvalue weighted by molar-refractivity contribution is 5.65.